The highest BCUT2D eigenvalue weighted by Gasteiger charge is 2.09. The first-order valence-electron chi connectivity index (χ1n) is 10.4. The molecule has 1 amide bonds. The maximum absolute atomic E-state index is 12.4. The number of amides is 1. The van der Waals surface area contributed by atoms with Crippen molar-refractivity contribution in [3.05, 3.63) is 59.9 Å². The molecule has 0 unspecified atom stereocenters. The highest BCUT2D eigenvalue weighted by Crippen LogP contribution is 2.20. The molecule has 0 aliphatic heterocycles. The summed E-state index contributed by atoms with van der Waals surface area (Å²) in [5.74, 6) is 1.70. The van der Waals surface area contributed by atoms with Gasteiger partial charge in [-0.05, 0) is 58.0 Å². The van der Waals surface area contributed by atoms with Crippen molar-refractivity contribution < 1.29 is 9.53 Å². The van der Waals surface area contributed by atoms with Crippen molar-refractivity contribution in [3.8, 4) is 5.88 Å². The molecule has 2 heterocycles. The molecule has 3 aromatic rings. The van der Waals surface area contributed by atoms with Crippen LogP contribution >= 0.6 is 0 Å². The van der Waals surface area contributed by atoms with Gasteiger partial charge in [0.1, 0.15) is 5.82 Å². The highest BCUT2D eigenvalue weighted by atomic mass is 16.5. The van der Waals surface area contributed by atoms with Crippen LogP contribution in [0.2, 0.25) is 0 Å². The van der Waals surface area contributed by atoms with Crippen LogP contribution < -0.4 is 20.3 Å². The van der Waals surface area contributed by atoms with E-state index in [0.29, 0.717) is 29.7 Å². The quantitative estimate of drug-likeness (QED) is 0.529. The molecule has 0 spiro atoms. The summed E-state index contributed by atoms with van der Waals surface area (Å²) in [5, 5.41) is 6.10. The second kappa shape index (κ2) is 10.4. The third-order valence-corrected chi connectivity index (χ3v) is 4.62. The lowest BCUT2D eigenvalue weighted by molar-refractivity contribution is 0.102. The van der Waals surface area contributed by atoms with Crippen molar-refractivity contribution >= 4 is 29.0 Å². The summed E-state index contributed by atoms with van der Waals surface area (Å²) in [5.41, 5.74) is 2.87. The van der Waals surface area contributed by atoms with E-state index in [4.69, 9.17) is 4.74 Å². The number of rotatable bonds is 9. The molecular weight excluding hydrogens is 392 g/mol. The van der Waals surface area contributed by atoms with Gasteiger partial charge >= 0.3 is 0 Å². The minimum absolute atomic E-state index is 0.234. The SMILES string of the molecule is CCOc1ccc(C(=O)Nc2ccc(Nc3nc(C)cc(N(CC)CC)n3)cc2)cn1. The summed E-state index contributed by atoms with van der Waals surface area (Å²) < 4.78 is 5.30. The van der Waals surface area contributed by atoms with Gasteiger partial charge in [0.05, 0.1) is 12.2 Å². The molecule has 1 aromatic carbocycles. The average molecular weight is 421 g/mol. The Bertz CT molecular complexity index is 1000. The van der Waals surface area contributed by atoms with Crippen molar-refractivity contribution in [2.75, 3.05) is 35.2 Å². The zero-order valence-corrected chi connectivity index (χ0v) is 18.3. The Morgan fingerprint density at radius 2 is 1.71 bits per heavy atom. The Morgan fingerprint density at radius 1 is 1.00 bits per heavy atom. The number of aromatic nitrogens is 3. The van der Waals surface area contributed by atoms with E-state index in [9.17, 15) is 4.79 Å². The number of hydrogen-bond acceptors (Lipinski definition) is 7. The normalized spacial score (nSPS) is 10.5. The fraction of sp³-hybridized carbons (Fsp3) is 0.304. The molecule has 0 radical (unpaired) electrons. The number of benzene rings is 1. The number of carbonyl (C=O) groups is 1. The van der Waals surface area contributed by atoms with Crippen LogP contribution in [0.15, 0.2) is 48.7 Å². The fourth-order valence-electron chi connectivity index (χ4n) is 3.03. The molecule has 31 heavy (non-hydrogen) atoms. The smallest absolute Gasteiger partial charge is 0.257 e. The molecule has 0 atom stereocenters. The lowest BCUT2D eigenvalue weighted by Gasteiger charge is -2.20. The number of hydrogen-bond donors (Lipinski definition) is 2. The molecule has 2 N–H and O–H groups in total. The summed E-state index contributed by atoms with van der Waals surface area (Å²) in [6.45, 7) is 10.3. The molecule has 162 valence electrons. The van der Waals surface area contributed by atoms with E-state index in [0.717, 1.165) is 30.3 Å². The Labute approximate surface area is 182 Å². The van der Waals surface area contributed by atoms with Gasteiger partial charge < -0.3 is 20.3 Å². The van der Waals surface area contributed by atoms with Crippen LogP contribution in [-0.2, 0) is 0 Å². The van der Waals surface area contributed by atoms with Crippen LogP contribution in [0.5, 0.6) is 5.88 Å². The van der Waals surface area contributed by atoms with Crippen LogP contribution in [-0.4, -0.2) is 40.6 Å². The first-order chi connectivity index (χ1) is 15.0. The number of carbonyl (C=O) groups excluding carboxylic acids is 1. The Morgan fingerprint density at radius 3 is 2.32 bits per heavy atom. The van der Waals surface area contributed by atoms with Crippen molar-refractivity contribution in [2.45, 2.75) is 27.7 Å². The van der Waals surface area contributed by atoms with Crippen molar-refractivity contribution in [1.82, 2.24) is 15.0 Å². The van der Waals surface area contributed by atoms with Gasteiger partial charge in [-0.3, -0.25) is 4.79 Å². The van der Waals surface area contributed by atoms with E-state index in [1.54, 1.807) is 12.1 Å². The van der Waals surface area contributed by atoms with Gasteiger partial charge in [0.25, 0.3) is 5.91 Å². The number of pyridine rings is 1. The van der Waals surface area contributed by atoms with Crippen LogP contribution in [0.25, 0.3) is 0 Å². The first kappa shape index (κ1) is 22.0. The average Bonchev–Trinajstić information content (AvgIpc) is 2.76. The Hall–Kier alpha value is -3.68. The van der Waals surface area contributed by atoms with Gasteiger partial charge in [-0.2, -0.15) is 4.98 Å². The molecule has 3 rings (SSSR count). The number of anilines is 4. The van der Waals surface area contributed by atoms with Crippen LogP contribution in [0.4, 0.5) is 23.1 Å². The third-order valence-electron chi connectivity index (χ3n) is 4.62. The van der Waals surface area contributed by atoms with Gasteiger partial charge in [0.15, 0.2) is 0 Å². The molecular formula is C23H28N6O2. The summed E-state index contributed by atoms with van der Waals surface area (Å²) in [6.07, 6.45) is 1.50. The monoisotopic (exact) mass is 420 g/mol. The largest absolute Gasteiger partial charge is 0.478 e. The molecule has 0 saturated heterocycles. The van der Waals surface area contributed by atoms with Gasteiger partial charge in [0.2, 0.25) is 11.8 Å². The lowest BCUT2D eigenvalue weighted by Crippen LogP contribution is -2.23. The first-order valence-corrected chi connectivity index (χ1v) is 10.4. The molecule has 8 heteroatoms. The van der Waals surface area contributed by atoms with E-state index >= 15 is 0 Å². The number of aryl methyl sites for hydroxylation is 1. The highest BCUT2D eigenvalue weighted by molar-refractivity contribution is 6.04. The van der Waals surface area contributed by atoms with E-state index < -0.39 is 0 Å². The third kappa shape index (κ3) is 5.91. The number of nitrogens with zero attached hydrogens (tertiary/aromatic N) is 4. The molecule has 2 aromatic heterocycles. The number of nitrogens with one attached hydrogen (secondary N) is 2. The van der Waals surface area contributed by atoms with Gasteiger partial charge in [-0.15, -0.1) is 0 Å². The number of ether oxygens (including phenoxy) is 1. The van der Waals surface area contributed by atoms with E-state index in [1.165, 1.54) is 6.20 Å². The second-order valence-corrected chi connectivity index (χ2v) is 6.84. The zero-order valence-electron chi connectivity index (χ0n) is 18.3. The molecule has 0 aliphatic rings. The molecule has 0 bridgehead atoms. The maximum Gasteiger partial charge on any atom is 0.257 e. The second-order valence-electron chi connectivity index (χ2n) is 6.84. The van der Waals surface area contributed by atoms with E-state index in [2.05, 4.69) is 44.3 Å². The fourth-order valence-corrected chi connectivity index (χ4v) is 3.03. The summed E-state index contributed by atoms with van der Waals surface area (Å²) >= 11 is 0. The summed E-state index contributed by atoms with van der Waals surface area (Å²) in [6, 6.07) is 12.7. The predicted molar refractivity (Wildman–Crippen MR) is 123 cm³/mol. The minimum Gasteiger partial charge on any atom is -0.478 e. The van der Waals surface area contributed by atoms with Crippen molar-refractivity contribution in [1.29, 1.82) is 0 Å². The van der Waals surface area contributed by atoms with Gasteiger partial charge in [0, 0.05) is 48.5 Å². The molecule has 0 fully saturated rings. The molecule has 0 aliphatic carbocycles. The Balaban J connectivity index is 1.66. The standard InChI is InChI=1S/C23H28N6O2/c1-5-29(6-2)20-14-16(4)25-23(28-20)27-19-11-9-18(10-12-19)26-22(30)17-8-13-21(24-15-17)31-7-3/h8-15H,5-7H2,1-4H3,(H,26,30)(H,25,27,28). The van der Waals surface area contributed by atoms with Crippen LogP contribution in [0, 0.1) is 6.92 Å². The Kier molecular flexibility index (Phi) is 7.37. The molecule has 8 nitrogen and oxygen atoms in total. The predicted octanol–water partition coefficient (Wildman–Crippen LogP) is 4.42. The maximum atomic E-state index is 12.4. The zero-order chi connectivity index (χ0) is 22.2. The van der Waals surface area contributed by atoms with Crippen molar-refractivity contribution in [3.63, 3.8) is 0 Å². The summed E-state index contributed by atoms with van der Waals surface area (Å²) in [7, 11) is 0. The molecule has 0 saturated carbocycles. The summed E-state index contributed by atoms with van der Waals surface area (Å²) in [4.78, 5) is 27.8. The van der Waals surface area contributed by atoms with E-state index in [-0.39, 0.29) is 5.91 Å². The lowest BCUT2D eigenvalue weighted by atomic mass is 10.2. The van der Waals surface area contributed by atoms with Gasteiger partial charge in [-0.1, -0.05) is 0 Å². The van der Waals surface area contributed by atoms with E-state index in [1.807, 2.05) is 44.2 Å². The minimum atomic E-state index is -0.234. The van der Waals surface area contributed by atoms with Crippen LogP contribution in [0.3, 0.4) is 0 Å². The van der Waals surface area contributed by atoms with Crippen LogP contribution in [0.1, 0.15) is 36.8 Å². The van der Waals surface area contributed by atoms with Gasteiger partial charge in [-0.25, -0.2) is 9.97 Å². The van der Waals surface area contributed by atoms with Crippen molar-refractivity contribution in [2.24, 2.45) is 0 Å². The topological polar surface area (TPSA) is 92.3 Å².